The molecule has 0 spiro atoms. The highest BCUT2D eigenvalue weighted by Crippen LogP contribution is 2.30. The summed E-state index contributed by atoms with van der Waals surface area (Å²) in [6.07, 6.45) is 7.64. The first-order chi connectivity index (χ1) is 16.0. The Morgan fingerprint density at radius 2 is 2.00 bits per heavy atom. The second kappa shape index (κ2) is 10.3. The molecular formula is C27H29N3O3. The van der Waals surface area contributed by atoms with Crippen LogP contribution in [0.4, 0.5) is 0 Å². The average Bonchev–Trinajstić information content (AvgIpc) is 3.29. The summed E-state index contributed by atoms with van der Waals surface area (Å²) in [5, 5.41) is 4.25. The summed E-state index contributed by atoms with van der Waals surface area (Å²) in [7, 11) is 1.87. The molecule has 1 aliphatic heterocycles. The normalized spacial score (nSPS) is 15.8. The van der Waals surface area contributed by atoms with Gasteiger partial charge in [-0.25, -0.2) is 0 Å². The fraction of sp³-hybridized carbons (Fsp3) is 0.296. The van der Waals surface area contributed by atoms with Crippen LogP contribution in [0.2, 0.25) is 0 Å². The molecule has 3 aromatic rings. The molecule has 2 aromatic carbocycles. The van der Waals surface area contributed by atoms with Gasteiger partial charge in [0.05, 0.1) is 18.3 Å². The minimum absolute atomic E-state index is 0.0430. The number of carbonyl (C=O) groups excluding carboxylic acids is 2. The lowest BCUT2D eigenvalue weighted by atomic mass is 9.99. The minimum Gasteiger partial charge on any atom is -0.488 e. The van der Waals surface area contributed by atoms with Crippen molar-refractivity contribution in [3.05, 3.63) is 84.7 Å². The van der Waals surface area contributed by atoms with E-state index in [1.807, 2.05) is 61.8 Å². The standard InChI is InChI=1S/C27H29N3O3/c1-3-27(32)30-15-7-10-23(19-30)33-26-16-21(22-17-28-29(2)18-22)12-13-24(26)25(31)14-11-20-8-5-4-6-9-20/h3-6,8-9,12-13,16-18,23H,1,7,10-11,14-15,19H2,2H3/t23-/m1/s1. The number of amides is 1. The van der Waals surface area contributed by atoms with Crippen molar-refractivity contribution in [2.24, 2.45) is 7.05 Å². The quantitative estimate of drug-likeness (QED) is 0.381. The zero-order chi connectivity index (χ0) is 23.2. The summed E-state index contributed by atoms with van der Waals surface area (Å²) >= 11 is 0. The van der Waals surface area contributed by atoms with E-state index in [1.165, 1.54) is 6.08 Å². The zero-order valence-electron chi connectivity index (χ0n) is 18.9. The zero-order valence-corrected chi connectivity index (χ0v) is 18.9. The van der Waals surface area contributed by atoms with Crippen molar-refractivity contribution < 1.29 is 14.3 Å². The van der Waals surface area contributed by atoms with E-state index in [-0.39, 0.29) is 17.8 Å². The fourth-order valence-corrected chi connectivity index (χ4v) is 4.18. The predicted octanol–water partition coefficient (Wildman–Crippen LogP) is 4.46. The number of hydrogen-bond acceptors (Lipinski definition) is 4. The molecule has 0 N–H and O–H groups in total. The van der Waals surface area contributed by atoms with E-state index in [0.29, 0.717) is 37.2 Å². The van der Waals surface area contributed by atoms with E-state index in [4.69, 9.17) is 4.74 Å². The molecule has 1 aromatic heterocycles. The summed E-state index contributed by atoms with van der Waals surface area (Å²) in [5.74, 6) is 0.514. The molecule has 33 heavy (non-hydrogen) atoms. The molecule has 0 aliphatic carbocycles. The van der Waals surface area contributed by atoms with Gasteiger partial charge in [0.25, 0.3) is 0 Å². The first kappa shape index (κ1) is 22.5. The highest BCUT2D eigenvalue weighted by molar-refractivity contribution is 5.99. The Balaban J connectivity index is 1.58. The van der Waals surface area contributed by atoms with Gasteiger partial charge in [0, 0.05) is 31.8 Å². The number of rotatable bonds is 8. The van der Waals surface area contributed by atoms with E-state index in [1.54, 1.807) is 15.8 Å². The van der Waals surface area contributed by atoms with E-state index < -0.39 is 0 Å². The van der Waals surface area contributed by atoms with Crippen LogP contribution in [-0.4, -0.2) is 45.6 Å². The van der Waals surface area contributed by atoms with Gasteiger partial charge in [0.1, 0.15) is 11.9 Å². The number of carbonyl (C=O) groups is 2. The Morgan fingerprint density at radius 1 is 1.18 bits per heavy atom. The van der Waals surface area contributed by atoms with Crippen molar-refractivity contribution >= 4 is 11.7 Å². The molecule has 1 fully saturated rings. The van der Waals surface area contributed by atoms with Gasteiger partial charge in [-0.2, -0.15) is 5.10 Å². The van der Waals surface area contributed by atoms with Crippen LogP contribution in [0, 0.1) is 0 Å². The molecule has 0 bridgehead atoms. The highest BCUT2D eigenvalue weighted by atomic mass is 16.5. The predicted molar refractivity (Wildman–Crippen MR) is 128 cm³/mol. The van der Waals surface area contributed by atoms with Crippen LogP contribution in [0.5, 0.6) is 5.75 Å². The third-order valence-corrected chi connectivity index (χ3v) is 5.96. The molecular weight excluding hydrogens is 414 g/mol. The van der Waals surface area contributed by atoms with Gasteiger partial charge in [-0.05, 0) is 48.6 Å². The molecule has 1 saturated heterocycles. The van der Waals surface area contributed by atoms with Crippen LogP contribution in [0.1, 0.15) is 35.2 Å². The molecule has 0 saturated carbocycles. The third-order valence-electron chi connectivity index (χ3n) is 5.96. The van der Waals surface area contributed by atoms with Crippen LogP contribution in [0.25, 0.3) is 11.1 Å². The van der Waals surface area contributed by atoms with Crippen molar-refractivity contribution in [1.29, 1.82) is 0 Å². The van der Waals surface area contributed by atoms with Gasteiger partial charge in [0.15, 0.2) is 5.78 Å². The number of nitrogens with zero attached hydrogens (tertiary/aromatic N) is 3. The van der Waals surface area contributed by atoms with Gasteiger partial charge in [-0.15, -0.1) is 0 Å². The van der Waals surface area contributed by atoms with Crippen molar-refractivity contribution in [3.8, 4) is 16.9 Å². The lowest BCUT2D eigenvalue weighted by Gasteiger charge is -2.32. The number of aromatic nitrogens is 2. The molecule has 4 rings (SSSR count). The third kappa shape index (κ3) is 5.58. The average molecular weight is 444 g/mol. The maximum absolute atomic E-state index is 13.2. The topological polar surface area (TPSA) is 64.4 Å². The van der Waals surface area contributed by atoms with Crippen molar-refractivity contribution in [3.63, 3.8) is 0 Å². The van der Waals surface area contributed by atoms with Crippen molar-refractivity contribution in [2.45, 2.75) is 31.8 Å². The largest absolute Gasteiger partial charge is 0.488 e. The molecule has 1 aliphatic rings. The molecule has 2 heterocycles. The number of benzene rings is 2. The first-order valence-corrected chi connectivity index (χ1v) is 11.3. The van der Waals surface area contributed by atoms with Crippen LogP contribution in [-0.2, 0) is 18.3 Å². The Labute approximate surface area is 194 Å². The second-order valence-electron chi connectivity index (χ2n) is 8.39. The van der Waals surface area contributed by atoms with Gasteiger partial charge in [-0.3, -0.25) is 14.3 Å². The maximum atomic E-state index is 13.2. The Hall–Kier alpha value is -3.67. The van der Waals surface area contributed by atoms with E-state index in [9.17, 15) is 9.59 Å². The van der Waals surface area contributed by atoms with Crippen molar-refractivity contribution in [1.82, 2.24) is 14.7 Å². The molecule has 6 nitrogen and oxygen atoms in total. The number of ketones is 1. The van der Waals surface area contributed by atoms with Crippen LogP contribution in [0.15, 0.2) is 73.6 Å². The second-order valence-corrected chi connectivity index (χ2v) is 8.39. The lowest BCUT2D eigenvalue weighted by Crippen LogP contribution is -2.43. The van der Waals surface area contributed by atoms with Gasteiger partial charge >= 0.3 is 0 Å². The van der Waals surface area contributed by atoms with E-state index in [2.05, 4.69) is 11.7 Å². The van der Waals surface area contributed by atoms with Crippen molar-refractivity contribution in [2.75, 3.05) is 13.1 Å². The molecule has 0 radical (unpaired) electrons. The SMILES string of the molecule is C=CC(=O)N1CCC[C@@H](Oc2cc(-c3cnn(C)c3)ccc2C(=O)CCc2ccccc2)C1. The number of aryl methyl sites for hydroxylation is 2. The van der Waals surface area contributed by atoms with Gasteiger partial charge in [-0.1, -0.05) is 43.0 Å². The highest BCUT2D eigenvalue weighted by Gasteiger charge is 2.25. The van der Waals surface area contributed by atoms with Gasteiger partial charge < -0.3 is 9.64 Å². The molecule has 170 valence electrons. The Morgan fingerprint density at radius 3 is 2.73 bits per heavy atom. The van der Waals surface area contributed by atoms with E-state index >= 15 is 0 Å². The molecule has 1 amide bonds. The summed E-state index contributed by atoms with van der Waals surface area (Å²) in [4.78, 5) is 27.0. The van der Waals surface area contributed by atoms with E-state index in [0.717, 1.165) is 29.5 Å². The maximum Gasteiger partial charge on any atom is 0.246 e. The number of piperidine rings is 1. The molecule has 6 heteroatoms. The van der Waals surface area contributed by atoms with Crippen LogP contribution >= 0.6 is 0 Å². The van der Waals surface area contributed by atoms with Crippen LogP contribution < -0.4 is 4.74 Å². The number of likely N-dealkylation sites (tertiary alicyclic amines) is 1. The summed E-state index contributed by atoms with van der Waals surface area (Å²) in [6, 6.07) is 15.7. The van der Waals surface area contributed by atoms with Crippen LogP contribution in [0.3, 0.4) is 0 Å². The summed E-state index contributed by atoms with van der Waals surface area (Å²) in [5.41, 5.74) is 3.60. The Bertz CT molecular complexity index is 1140. The smallest absolute Gasteiger partial charge is 0.246 e. The number of Topliss-reactive ketones (excluding diaryl/α,β-unsaturated/α-hetero) is 1. The molecule has 0 unspecified atom stereocenters. The fourth-order valence-electron chi connectivity index (χ4n) is 4.18. The number of hydrogen-bond donors (Lipinski definition) is 0. The summed E-state index contributed by atoms with van der Waals surface area (Å²) < 4.78 is 8.12. The lowest BCUT2D eigenvalue weighted by molar-refractivity contribution is -0.128. The van der Waals surface area contributed by atoms with Gasteiger partial charge in [0.2, 0.25) is 5.91 Å². The minimum atomic E-state index is -0.174. The summed E-state index contributed by atoms with van der Waals surface area (Å²) in [6.45, 7) is 4.77. The first-order valence-electron chi connectivity index (χ1n) is 11.3. The number of ether oxygens (including phenoxy) is 1. The molecule has 1 atom stereocenters. The monoisotopic (exact) mass is 443 g/mol. The Kier molecular flexibility index (Phi) is 7.03.